The molecule has 3 aromatic carbocycles. The van der Waals surface area contributed by atoms with Crippen molar-refractivity contribution in [3.8, 4) is 33.6 Å². The van der Waals surface area contributed by atoms with Gasteiger partial charge >= 0.3 is 200 Å². The molecule has 7 rings (SSSR count). The predicted octanol–water partition coefficient (Wildman–Crippen LogP) is 6.25. The van der Waals surface area contributed by atoms with Gasteiger partial charge in [-0.2, -0.15) is 5.10 Å². The Morgan fingerprint density at radius 2 is 1.66 bits per heavy atom. The molecule has 1 unspecified atom stereocenters. The molecule has 1 saturated carbocycles. The van der Waals surface area contributed by atoms with Crippen molar-refractivity contribution in [3.05, 3.63) is 97.3 Å². The number of fused-ring (bicyclic) bond motifs is 2. The third-order valence-electron chi connectivity index (χ3n) is 7.08. The predicted molar refractivity (Wildman–Crippen MR) is 146 cm³/mol. The van der Waals surface area contributed by atoms with Crippen LogP contribution in [0.3, 0.4) is 0 Å². The molecular formula is C30H25AsN4. The van der Waals surface area contributed by atoms with Crippen LogP contribution in [0.2, 0.25) is 4.71 Å². The summed E-state index contributed by atoms with van der Waals surface area (Å²) in [7, 11) is 0. The standard InChI is InChI=1S/C30H25AsN4/c1-2-6-21(7-3-1)29-28(20-13-15-25(16-14-20)31-24-8-4-9-24)33-30-26(10-5-17-35(29)30)22-11-12-23-19-32-34-27(23)18-22/h1-3,5-7,10-19,24,31H,4,8-9H2,(H,32,34). The third kappa shape index (κ3) is 3.69. The molecule has 0 spiro atoms. The fourth-order valence-electron chi connectivity index (χ4n) is 4.98. The zero-order valence-electron chi connectivity index (χ0n) is 19.3. The Morgan fingerprint density at radius 3 is 2.46 bits per heavy atom. The number of hydrogen-bond donors (Lipinski definition) is 1. The molecule has 170 valence electrons. The number of nitrogens with one attached hydrogen (secondary N) is 1. The summed E-state index contributed by atoms with van der Waals surface area (Å²) in [5.74, 6) is 0. The number of imidazole rings is 1. The van der Waals surface area contributed by atoms with Gasteiger partial charge in [-0.1, -0.05) is 0 Å². The van der Waals surface area contributed by atoms with Crippen molar-refractivity contribution < 1.29 is 0 Å². The van der Waals surface area contributed by atoms with E-state index in [1.807, 2.05) is 6.20 Å². The number of rotatable bonds is 5. The number of hydrogen-bond acceptors (Lipinski definition) is 2. The molecule has 0 bridgehead atoms. The third-order valence-corrected chi connectivity index (χ3v) is 10.6. The molecular weight excluding hydrogens is 491 g/mol. The van der Waals surface area contributed by atoms with Crippen molar-refractivity contribution in [2.45, 2.75) is 24.0 Å². The molecule has 4 nitrogen and oxygen atoms in total. The summed E-state index contributed by atoms with van der Waals surface area (Å²) in [6.07, 6.45) is 8.27. The van der Waals surface area contributed by atoms with Gasteiger partial charge in [0.1, 0.15) is 0 Å². The molecule has 6 aromatic rings. The summed E-state index contributed by atoms with van der Waals surface area (Å²) in [4.78, 5) is 5.27. The first-order valence-corrected chi connectivity index (χ1v) is 14.5. The van der Waals surface area contributed by atoms with Gasteiger partial charge in [0.15, 0.2) is 0 Å². The van der Waals surface area contributed by atoms with E-state index in [1.165, 1.54) is 30.4 Å². The van der Waals surface area contributed by atoms with E-state index >= 15 is 0 Å². The maximum absolute atomic E-state index is 5.27. The Bertz CT molecular complexity index is 1640. The van der Waals surface area contributed by atoms with Crippen molar-refractivity contribution in [1.29, 1.82) is 0 Å². The molecule has 3 heterocycles. The number of pyridine rings is 1. The fourth-order valence-corrected chi connectivity index (χ4v) is 8.19. The van der Waals surface area contributed by atoms with Gasteiger partial charge < -0.3 is 0 Å². The summed E-state index contributed by atoms with van der Waals surface area (Å²) in [5, 5.41) is 8.40. The molecule has 1 atom stereocenters. The number of nitrogens with zero attached hydrogens (tertiary/aromatic N) is 3. The Morgan fingerprint density at radius 1 is 0.829 bits per heavy atom. The van der Waals surface area contributed by atoms with E-state index in [4.69, 9.17) is 4.98 Å². The van der Waals surface area contributed by atoms with Crippen LogP contribution in [0.5, 0.6) is 0 Å². The second-order valence-corrected chi connectivity index (χ2v) is 12.8. The van der Waals surface area contributed by atoms with Crippen LogP contribution in [0.4, 0.5) is 0 Å². The minimum atomic E-state index is -0.0321. The summed E-state index contributed by atoms with van der Waals surface area (Å²) >= 11 is -0.0321. The van der Waals surface area contributed by atoms with E-state index < -0.39 is 0 Å². The zero-order chi connectivity index (χ0) is 23.2. The van der Waals surface area contributed by atoms with Gasteiger partial charge in [-0.25, -0.2) is 0 Å². The van der Waals surface area contributed by atoms with E-state index in [9.17, 15) is 0 Å². The van der Waals surface area contributed by atoms with Crippen molar-refractivity contribution in [2.75, 3.05) is 0 Å². The molecule has 1 aliphatic rings. The van der Waals surface area contributed by atoms with Crippen LogP contribution >= 0.6 is 0 Å². The number of aromatic amines is 1. The fraction of sp³-hybridized carbons (Fsp3) is 0.133. The van der Waals surface area contributed by atoms with Crippen molar-refractivity contribution in [3.63, 3.8) is 0 Å². The number of benzene rings is 3. The Labute approximate surface area is 210 Å². The van der Waals surface area contributed by atoms with Crippen LogP contribution in [0.1, 0.15) is 19.3 Å². The first-order chi connectivity index (χ1) is 17.3. The van der Waals surface area contributed by atoms with E-state index in [-0.39, 0.29) is 15.8 Å². The van der Waals surface area contributed by atoms with E-state index in [2.05, 4.69) is 106 Å². The Kier molecular flexibility index (Phi) is 5.06. The average molecular weight is 516 g/mol. The van der Waals surface area contributed by atoms with E-state index in [0.29, 0.717) is 0 Å². The molecule has 5 heteroatoms. The van der Waals surface area contributed by atoms with Gasteiger partial charge in [0.25, 0.3) is 0 Å². The maximum atomic E-state index is 5.27. The quantitative estimate of drug-likeness (QED) is 0.276. The molecule has 3 aromatic heterocycles. The van der Waals surface area contributed by atoms with Gasteiger partial charge in [0.05, 0.1) is 6.20 Å². The van der Waals surface area contributed by atoms with Gasteiger partial charge in [0, 0.05) is 0 Å². The molecule has 1 fully saturated rings. The van der Waals surface area contributed by atoms with Crippen LogP contribution in [0.15, 0.2) is 97.3 Å². The van der Waals surface area contributed by atoms with Crippen LogP contribution in [-0.2, 0) is 0 Å². The average Bonchev–Trinajstić information content (AvgIpc) is 3.51. The molecule has 0 saturated heterocycles. The number of aromatic nitrogens is 4. The van der Waals surface area contributed by atoms with Crippen LogP contribution in [0, 0.1) is 0 Å². The molecule has 0 radical (unpaired) electrons. The first-order valence-electron chi connectivity index (χ1n) is 12.2. The van der Waals surface area contributed by atoms with Gasteiger partial charge in [0.2, 0.25) is 0 Å². The second-order valence-electron chi connectivity index (χ2n) is 9.31. The van der Waals surface area contributed by atoms with Crippen LogP contribution < -0.4 is 4.35 Å². The van der Waals surface area contributed by atoms with Crippen molar-refractivity contribution in [2.24, 2.45) is 0 Å². The van der Waals surface area contributed by atoms with Gasteiger partial charge in [-0.3, -0.25) is 0 Å². The van der Waals surface area contributed by atoms with E-state index in [1.54, 1.807) is 4.35 Å². The van der Waals surface area contributed by atoms with Gasteiger partial charge in [-0.05, 0) is 0 Å². The first kappa shape index (κ1) is 20.7. The molecule has 0 amide bonds. The minimum absolute atomic E-state index is 0.0321. The monoisotopic (exact) mass is 516 g/mol. The van der Waals surface area contributed by atoms with E-state index in [0.717, 1.165) is 43.8 Å². The second kappa shape index (κ2) is 8.55. The molecule has 0 aliphatic heterocycles. The summed E-state index contributed by atoms with van der Waals surface area (Å²) < 4.78 is 4.79. The Balaban J connectivity index is 1.40. The summed E-state index contributed by atoms with van der Waals surface area (Å²) in [5.41, 5.74) is 8.74. The molecule has 35 heavy (non-hydrogen) atoms. The SMILES string of the molecule is c1ccc(-c2c(-c3ccc([AsH]C4CCC4)cc3)nc3c(-c4ccc5cn[nH]c5c4)cccn23)cc1. The van der Waals surface area contributed by atoms with Crippen LogP contribution in [-0.4, -0.2) is 35.3 Å². The van der Waals surface area contributed by atoms with Crippen molar-refractivity contribution in [1.82, 2.24) is 19.6 Å². The van der Waals surface area contributed by atoms with Crippen LogP contribution in [0.25, 0.3) is 50.2 Å². The summed E-state index contributed by atoms with van der Waals surface area (Å²) in [6.45, 7) is 0. The van der Waals surface area contributed by atoms with Crippen molar-refractivity contribution >= 4 is 36.7 Å². The Hall–Kier alpha value is -3.62. The molecule has 1 aliphatic carbocycles. The topological polar surface area (TPSA) is 46.0 Å². The normalized spacial score (nSPS) is 14.3. The molecule has 1 N–H and O–H groups in total. The van der Waals surface area contributed by atoms with Gasteiger partial charge in [-0.15, -0.1) is 0 Å². The zero-order valence-corrected chi connectivity index (χ0v) is 21.4. The summed E-state index contributed by atoms with van der Waals surface area (Å²) in [6, 6.07) is 30.6. The number of H-pyrrole nitrogens is 1.